The first kappa shape index (κ1) is 14.9. The Hall–Kier alpha value is -2.03. The topological polar surface area (TPSA) is 37.3 Å². The van der Waals surface area contributed by atoms with Gasteiger partial charge in [-0.2, -0.15) is 0 Å². The Morgan fingerprint density at radius 2 is 1.73 bits per heavy atom. The van der Waals surface area contributed by atoms with Crippen molar-refractivity contribution in [3.63, 3.8) is 0 Å². The summed E-state index contributed by atoms with van der Waals surface area (Å²) < 4.78 is 0. The van der Waals surface area contributed by atoms with Crippen LogP contribution in [0.1, 0.15) is 17.5 Å². The summed E-state index contributed by atoms with van der Waals surface area (Å²) >= 11 is 11.9. The summed E-state index contributed by atoms with van der Waals surface area (Å²) in [5.41, 5.74) is 2.82. The summed E-state index contributed by atoms with van der Waals surface area (Å²) in [5.74, 6) is -0.526. The molecule has 0 saturated heterocycles. The van der Waals surface area contributed by atoms with Gasteiger partial charge in [-0.15, -0.1) is 0 Å². The molecule has 1 N–H and O–H groups in total. The molecule has 1 aliphatic carbocycles. The first-order valence-corrected chi connectivity index (χ1v) is 7.49. The highest BCUT2D eigenvalue weighted by Crippen LogP contribution is 2.35. The van der Waals surface area contributed by atoms with E-state index in [2.05, 4.69) is 0 Å². The van der Waals surface area contributed by atoms with Crippen LogP contribution in [0.3, 0.4) is 0 Å². The van der Waals surface area contributed by atoms with Gasteiger partial charge in [-0.25, -0.2) is 0 Å². The summed E-state index contributed by atoms with van der Waals surface area (Å²) in [6, 6.07) is 14.6. The number of ketones is 1. The smallest absolute Gasteiger partial charge is 0.223 e. The fraction of sp³-hybridized carbons (Fsp3) is 0.0556. The molecule has 0 atom stereocenters. The van der Waals surface area contributed by atoms with Gasteiger partial charge in [0, 0.05) is 17.6 Å². The minimum absolute atomic E-state index is 0.183. The average molecular weight is 331 g/mol. The number of carbonyl (C=O) groups is 1. The Balaban J connectivity index is 1.94. The lowest BCUT2D eigenvalue weighted by atomic mass is 10.0. The van der Waals surface area contributed by atoms with Gasteiger partial charge in [-0.05, 0) is 29.3 Å². The van der Waals surface area contributed by atoms with Crippen molar-refractivity contribution in [2.24, 2.45) is 0 Å². The molecule has 1 aliphatic rings. The first-order valence-electron chi connectivity index (χ1n) is 6.74. The van der Waals surface area contributed by atoms with Gasteiger partial charge in [-0.3, -0.25) is 4.79 Å². The van der Waals surface area contributed by atoms with Gasteiger partial charge in [0.2, 0.25) is 5.78 Å². The van der Waals surface area contributed by atoms with Gasteiger partial charge in [-0.1, -0.05) is 59.6 Å². The van der Waals surface area contributed by atoms with Crippen LogP contribution in [-0.2, 0) is 4.79 Å². The minimum Gasteiger partial charge on any atom is -0.504 e. The number of hydrogen-bond acceptors (Lipinski definition) is 2. The monoisotopic (exact) mass is 330 g/mol. The van der Waals surface area contributed by atoms with Crippen LogP contribution in [0.4, 0.5) is 0 Å². The molecule has 3 rings (SSSR count). The largest absolute Gasteiger partial charge is 0.504 e. The molecular formula is C18H12Cl2O2. The molecule has 0 bridgehead atoms. The van der Waals surface area contributed by atoms with Gasteiger partial charge in [0.15, 0.2) is 5.76 Å². The van der Waals surface area contributed by atoms with Gasteiger partial charge < -0.3 is 5.11 Å². The summed E-state index contributed by atoms with van der Waals surface area (Å²) in [6.07, 6.45) is 2.13. The molecule has 22 heavy (non-hydrogen) atoms. The van der Waals surface area contributed by atoms with E-state index in [1.54, 1.807) is 24.3 Å². The highest BCUT2D eigenvalue weighted by molar-refractivity contribution is 6.42. The summed E-state index contributed by atoms with van der Waals surface area (Å²) in [5, 5.41) is 11.0. The molecule has 2 nitrogen and oxygen atoms in total. The Bertz CT molecular complexity index is 805. The fourth-order valence-electron chi connectivity index (χ4n) is 2.44. The van der Waals surface area contributed by atoms with E-state index in [0.29, 0.717) is 27.6 Å². The SMILES string of the molecule is O=C1C(O)=C(c2ccccc2)C/C1=C\c1ccc(Cl)c(Cl)c1. The molecule has 110 valence electrons. The molecule has 2 aromatic rings. The summed E-state index contributed by atoms with van der Waals surface area (Å²) in [4.78, 5) is 12.2. The maximum Gasteiger partial charge on any atom is 0.223 e. The van der Waals surface area contributed by atoms with Crippen molar-refractivity contribution >= 4 is 40.6 Å². The predicted octanol–water partition coefficient (Wildman–Crippen LogP) is 5.32. The van der Waals surface area contributed by atoms with Crippen LogP contribution in [-0.4, -0.2) is 10.9 Å². The molecule has 0 amide bonds. The first-order chi connectivity index (χ1) is 10.6. The quantitative estimate of drug-likeness (QED) is 0.756. The Kier molecular flexibility index (Phi) is 4.06. The van der Waals surface area contributed by atoms with E-state index >= 15 is 0 Å². The van der Waals surface area contributed by atoms with E-state index in [9.17, 15) is 9.90 Å². The maximum absolute atomic E-state index is 12.2. The molecule has 0 heterocycles. The van der Waals surface area contributed by atoms with Crippen molar-refractivity contribution in [3.05, 3.63) is 81.0 Å². The molecular weight excluding hydrogens is 319 g/mol. The van der Waals surface area contributed by atoms with E-state index in [4.69, 9.17) is 23.2 Å². The van der Waals surface area contributed by atoms with Crippen LogP contribution in [0.25, 0.3) is 11.6 Å². The molecule has 2 aromatic carbocycles. The second kappa shape index (κ2) is 5.99. The number of carbonyl (C=O) groups excluding carboxylic acids is 1. The molecule has 0 radical (unpaired) electrons. The molecule has 0 spiro atoms. The number of hydrogen-bond donors (Lipinski definition) is 1. The lowest BCUT2D eigenvalue weighted by Gasteiger charge is -2.02. The maximum atomic E-state index is 12.2. The Labute approximate surface area is 138 Å². The van der Waals surface area contributed by atoms with Crippen molar-refractivity contribution in [1.82, 2.24) is 0 Å². The van der Waals surface area contributed by atoms with Crippen LogP contribution in [0.15, 0.2) is 59.9 Å². The van der Waals surface area contributed by atoms with E-state index < -0.39 is 0 Å². The summed E-state index contributed by atoms with van der Waals surface area (Å²) in [6.45, 7) is 0. The van der Waals surface area contributed by atoms with Gasteiger partial charge in [0.1, 0.15) is 0 Å². The van der Waals surface area contributed by atoms with Crippen LogP contribution in [0.2, 0.25) is 10.0 Å². The summed E-state index contributed by atoms with van der Waals surface area (Å²) in [7, 11) is 0. The normalized spacial score (nSPS) is 16.6. The number of rotatable bonds is 2. The number of aliphatic hydroxyl groups is 1. The van der Waals surface area contributed by atoms with E-state index in [0.717, 1.165) is 11.1 Å². The van der Waals surface area contributed by atoms with Crippen LogP contribution < -0.4 is 0 Å². The molecule has 0 aliphatic heterocycles. The van der Waals surface area contributed by atoms with Crippen molar-refractivity contribution in [3.8, 4) is 0 Å². The van der Waals surface area contributed by atoms with Crippen LogP contribution in [0.5, 0.6) is 0 Å². The van der Waals surface area contributed by atoms with E-state index in [1.165, 1.54) is 0 Å². The Morgan fingerprint density at radius 1 is 1.00 bits per heavy atom. The predicted molar refractivity (Wildman–Crippen MR) is 90.1 cm³/mol. The molecule has 0 fully saturated rings. The van der Waals surface area contributed by atoms with Gasteiger partial charge in [0.05, 0.1) is 10.0 Å². The van der Waals surface area contributed by atoms with Gasteiger partial charge in [0.25, 0.3) is 0 Å². The zero-order chi connectivity index (χ0) is 15.7. The molecule has 0 aromatic heterocycles. The highest BCUT2D eigenvalue weighted by atomic mass is 35.5. The number of benzene rings is 2. The third kappa shape index (κ3) is 2.80. The zero-order valence-electron chi connectivity index (χ0n) is 11.5. The van der Waals surface area contributed by atoms with Crippen molar-refractivity contribution in [2.45, 2.75) is 6.42 Å². The standard InChI is InChI=1S/C18H12Cl2O2/c19-15-7-6-11(9-16(15)20)8-13-10-14(18(22)17(13)21)12-4-2-1-3-5-12/h1-9,22H,10H2/b13-8+. The van der Waals surface area contributed by atoms with Crippen molar-refractivity contribution < 1.29 is 9.90 Å². The molecule has 0 saturated carbocycles. The van der Waals surface area contributed by atoms with Gasteiger partial charge >= 0.3 is 0 Å². The fourth-order valence-corrected chi connectivity index (χ4v) is 2.75. The number of allylic oxidation sites excluding steroid dienone is 2. The van der Waals surface area contributed by atoms with Crippen molar-refractivity contribution in [1.29, 1.82) is 0 Å². The second-order valence-electron chi connectivity index (χ2n) is 5.04. The molecule has 4 heteroatoms. The third-order valence-corrected chi connectivity index (χ3v) is 4.31. The zero-order valence-corrected chi connectivity index (χ0v) is 13.0. The number of halogens is 2. The lowest BCUT2D eigenvalue weighted by Crippen LogP contribution is -1.98. The average Bonchev–Trinajstić information content (AvgIpc) is 2.80. The van der Waals surface area contributed by atoms with Crippen molar-refractivity contribution in [2.75, 3.05) is 0 Å². The van der Waals surface area contributed by atoms with Crippen LogP contribution in [0, 0.1) is 0 Å². The lowest BCUT2D eigenvalue weighted by molar-refractivity contribution is -0.114. The third-order valence-electron chi connectivity index (χ3n) is 3.57. The Morgan fingerprint density at radius 3 is 2.41 bits per heavy atom. The highest BCUT2D eigenvalue weighted by Gasteiger charge is 2.28. The number of aliphatic hydroxyl groups excluding tert-OH is 1. The second-order valence-corrected chi connectivity index (χ2v) is 5.86. The van der Waals surface area contributed by atoms with E-state index in [1.807, 2.05) is 30.3 Å². The van der Waals surface area contributed by atoms with Crippen LogP contribution >= 0.6 is 23.2 Å². The molecule has 0 unspecified atom stereocenters. The van der Waals surface area contributed by atoms with E-state index in [-0.39, 0.29) is 11.5 Å². The number of Topliss-reactive ketones (excluding diaryl/α,β-unsaturated/α-hetero) is 1. The minimum atomic E-state index is -0.343.